The van der Waals surface area contributed by atoms with E-state index in [9.17, 15) is 24.0 Å². The first kappa shape index (κ1) is 30.0. The quantitative estimate of drug-likeness (QED) is 0.194. The van der Waals surface area contributed by atoms with Crippen molar-refractivity contribution >= 4 is 64.2 Å². The van der Waals surface area contributed by atoms with Crippen LogP contribution in [-0.2, 0) is 47.7 Å². The molecule has 0 bridgehead atoms. The highest BCUT2D eigenvalue weighted by atomic mass is 32.2. The van der Waals surface area contributed by atoms with Gasteiger partial charge in [0.05, 0.1) is 4.91 Å². The van der Waals surface area contributed by atoms with Crippen LogP contribution in [0, 0.1) is 0 Å². The first-order valence-electron chi connectivity index (χ1n) is 11.8. The Labute approximate surface area is 234 Å². The summed E-state index contributed by atoms with van der Waals surface area (Å²) in [6, 6.07) is 9.43. The molecule has 1 amide bonds. The number of esters is 4. The van der Waals surface area contributed by atoms with Crippen molar-refractivity contribution in [3.05, 3.63) is 53.0 Å². The van der Waals surface area contributed by atoms with E-state index < -0.39 is 67.0 Å². The zero-order valence-corrected chi connectivity index (χ0v) is 23.2. The Kier molecular flexibility index (Phi) is 10.4. The smallest absolute Gasteiger partial charge is 0.303 e. The van der Waals surface area contributed by atoms with Crippen LogP contribution in [0.1, 0.15) is 33.3 Å². The number of carbonyl (C=O) groups excluding carboxylic acids is 5. The van der Waals surface area contributed by atoms with Crippen molar-refractivity contribution in [2.45, 2.75) is 58.3 Å². The molecule has 5 atom stereocenters. The third-order valence-electron chi connectivity index (χ3n) is 5.38. The molecular weight excluding hydrogens is 550 g/mol. The molecule has 0 spiro atoms. The Morgan fingerprint density at radius 2 is 1.51 bits per heavy atom. The number of nitrogens with zero attached hydrogens (tertiary/aromatic N) is 1. The summed E-state index contributed by atoms with van der Waals surface area (Å²) in [5.74, 6) is -3.52. The fraction of sp³-hybridized carbons (Fsp3) is 0.385. The molecule has 0 aliphatic carbocycles. The van der Waals surface area contributed by atoms with Crippen molar-refractivity contribution in [2.24, 2.45) is 0 Å². The van der Waals surface area contributed by atoms with Gasteiger partial charge in [0.2, 0.25) is 0 Å². The van der Waals surface area contributed by atoms with Crippen LogP contribution in [0.4, 0.5) is 0 Å². The Balaban J connectivity index is 1.99. The van der Waals surface area contributed by atoms with Gasteiger partial charge in [0, 0.05) is 27.7 Å². The molecule has 1 aromatic rings. The van der Waals surface area contributed by atoms with Gasteiger partial charge in [-0.05, 0) is 11.6 Å². The van der Waals surface area contributed by atoms with Gasteiger partial charge >= 0.3 is 23.9 Å². The summed E-state index contributed by atoms with van der Waals surface area (Å²) in [4.78, 5) is 62.4. The maximum absolute atomic E-state index is 13.5. The van der Waals surface area contributed by atoms with Gasteiger partial charge < -0.3 is 23.7 Å². The summed E-state index contributed by atoms with van der Waals surface area (Å²) in [5, 5.41) is 0. The Hall–Kier alpha value is -3.55. The maximum atomic E-state index is 13.5. The topological polar surface area (TPSA) is 135 Å². The fourth-order valence-corrected chi connectivity index (χ4v) is 5.20. The van der Waals surface area contributed by atoms with Crippen LogP contribution in [0.5, 0.6) is 0 Å². The van der Waals surface area contributed by atoms with Crippen molar-refractivity contribution in [3.8, 4) is 0 Å². The summed E-state index contributed by atoms with van der Waals surface area (Å²) in [7, 11) is 0. The minimum Gasteiger partial charge on any atom is -0.463 e. The normalized spacial score (nSPS) is 26.0. The predicted molar refractivity (Wildman–Crippen MR) is 143 cm³/mol. The molecule has 11 nitrogen and oxygen atoms in total. The van der Waals surface area contributed by atoms with Crippen molar-refractivity contribution in [2.75, 3.05) is 6.61 Å². The molecule has 13 heteroatoms. The number of amides is 1. The number of benzene rings is 1. The number of rotatable bonds is 8. The number of allylic oxidation sites excluding steroid dienone is 2. The minimum atomic E-state index is -1.44. The first-order valence-corrected chi connectivity index (χ1v) is 13.0. The molecule has 3 unspecified atom stereocenters. The second-order valence-electron chi connectivity index (χ2n) is 8.43. The van der Waals surface area contributed by atoms with Crippen LogP contribution in [-0.4, -0.2) is 76.3 Å². The standard InChI is InChI=1S/C26H27NO10S2/c1-14(28)33-13-19-21(34-15(2)29)22(35-16(3)30)23(36-17(4)31)25(37-19)27-24(32)20(39-26(27)38)12-8-11-18-9-6-5-7-10-18/h5-12,19,21-23,25H,13H2,1-4H3/b11-8+,20-12+/t19?,21-,22?,23?,25+/m0/s1. The van der Waals surface area contributed by atoms with Crippen molar-refractivity contribution in [1.82, 2.24) is 4.90 Å². The lowest BCUT2D eigenvalue weighted by Gasteiger charge is -2.46. The van der Waals surface area contributed by atoms with E-state index in [1.165, 1.54) is 6.92 Å². The van der Waals surface area contributed by atoms with Crippen molar-refractivity contribution < 1.29 is 47.7 Å². The number of thiocarbonyl (C=S) groups is 1. The van der Waals surface area contributed by atoms with Crippen LogP contribution in [0.15, 0.2) is 47.4 Å². The predicted octanol–water partition coefficient (Wildman–Crippen LogP) is 2.53. The van der Waals surface area contributed by atoms with E-state index >= 15 is 0 Å². The molecule has 0 saturated carbocycles. The van der Waals surface area contributed by atoms with Gasteiger partial charge in [0.25, 0.3) is 5.91 Å². The third-order valence-corrected chi connectivity index (χ3v) is 6.73. The van der Waals surface area contributed by atoms with E-state index in [1.54, 1.807) is 18.2 Å². The summed E-state index contributed by atoms with van der Waals surface area (Å²) >= 11 is 6.46. The molecule has 3 rings (SSSR count). The van der Waals surface area contributed by atoms with E-state index in [2.05, 4.69) is 0 Å². The summed E-state index contributed by atoms with van der Waals surface area (Å²) in [5.41, 5.74) is 0.920. The number of hydrogen-bond acceptors (Lipinski definition) is 12. The van der Waals surface area contributed by atoms with Gasteiger partial charge in [-0.15, -0.1) is 0 Å². The second kappa shape index (κ2) is 13.5. The zero-order chi connectivity index (χ0) is 28.7. The maximum Gasteiger partial charge on any atom is 0.303 e. The molecule has 208 valence electrons. The van der Waals surface area contributed by atoms with E-state index in [1.807, 2.05) is 30.3 Å². The number of carbonyl (C=O) groups is 5. The highest BCUT2D eigenvalue weighted by Crippen LogP contribution is 2.38. The molecule has 2 fully saturated rings. The zero-order valence-electron chi connectivity index (χ0n) is 21.6. The molecule has 2 heterocycles. The molecule has 0 N–H and O–H groups in total. The minimum absolute atomic E-state index is 0.0836. The van der Waals surface area contributed by atoms with Crippen molar-refractivity contribution in [1.29, 1.82) is 0 Å². The van der Waals surface area contributed by atoms with Crippen LogP contribution < -0.4 is 0 Å². The molecule has 0 aromatic heterocycles. The lowest BCUT2D eigenvalue weighted by atomic mass is 9.96. The Morgan fingerprint density at radius 3 is 2.10 bits per heavy atom. The lowest BCUT2D eigenvalue weighted by Crippen LogP contribution is -2.66. The average Bonchev–Trinajstić information content (AvgIpc) is 3.13. The molecule has 2 aliphatic rings. The largest absolute Gasteiger partial charge is 0.463 e. The summed E-state index contributed by atoms with van der Waals surface area (Å²) < 4.78 is 27.5. The summed E-state index contributed by atoms with van der Waals surface area (Å²) in [6.45, 7) is 4.10. The van der Waals surface area contributed by atoms with Gasteiger partial charge in [0.1, 0.15) is 12.7 Å². The van der Waals surface area contributed by atoms with Gasteiger partial charge in [-0.2, -0.15) is 0 Å². The molecule has 1 aromatic carbocycles. The number of hydrogen-bond donors (Lipinski definition) is 0. The first-order chi connectivity index (χ1) is 18.5. The fourth-order valence-electron chi connectivity index (χ4n) is 3.94. The van der Waals surface area contributed by atoms with Crippen LogP contribution in [0.3, 0.4) is 0 Å². The third kappa shape index (κ3) is 7.97. The van der Waals surface area contributed by atoms with E-state index in [0.717, 1.165) is 43.0 Å². The van der Waals surface area contributed by atoms with Crippen LogP contribution >= 0.6 is 24.0 Å². The Bertz CT molecular complexity index is 1200. The van der Waals surface area contributed by atoms with Crippen LogP contribution in [0.25, 0.3) is 6.08 Å². The van der Waals surface area contributed by atoms with Gasteiger partial charge in [0.15, 0.2) is 28.9 Å². The lowest BCUT2D eigenvalue weighted by molar-refractivity contribution is -0.268. The van der Waals surface area contributed by atoms with E-state index in [4.69, 9.17) is 35.9 Å². The highest BCUT2D eigenvalue weighted by molar-refractivity contribution is 8.26. The summed E-state index contributed by atoms with van der Waals surface area (Å²) in [6.07, 6.45) is -1.72. The average molecular weight is 578 g/mol. The van der Waals surface area contributed by atoms with Crippen LogP contribution in [0.2, 0.25) is 0 Å². The molecular formula is C26H27NO10S2. The van der Waals surface area contributed by atoms with E-state index in [-0.39, 0.29) is 9.23 Å². The number of ether oxygens (including phenoxy) is 5. The van der Waals surface area contributed by atoms with E-state index in [0.29, 0.717) is 0 Å². The van der Waals surface area contributed by atoms with Gasteiger partial charge in [-0.25, -0.2) is 0 Å². The molecule has 2 saturated heterocycles. The SMILES string of the molecule is CC(=O)OCC1O[C@@H](N2C(=O)/C(=C\C=C\c3ccccc3)SC2=S)C(OC(C)=O)C(OC(C)=O)[C@H]1OC(C)=O. The molecule has 39 heavy (non-hydrogen) atoms. The number of thioether (sulfide) groups is 1. The van der Waals surface area contributed by atoms with Crippen molar-refractivity contribution in [3.63, 3.8) is 0 Å². The van der Waals surface area contributed by atoms with Gasteiger partial charge in [-0.3, -0.25) is 28.9 Å². The second-order valence-corrected chi connectivity index (χ2v) is 10.1. The highest BCUT2D eigenvalue weighted by Gasteiger charge is 2.56. The van der Waals surface area contributed by atoms with Gasteiger partial charge in [-0.1, -0.05) is 66.5 Å². The molecule has 2 aliphatic heterocycles. The molecule has 0 radical (unpaired) electrons. The monoisotopic (exact) mass is 577 g/mol. The Morgan fingerprint density at radius 1 is 0.923 bits per heavy atom.